The summed E-state index contributed by atoms with van der Waals surface area (Å²) in [6.45, 7) is 4.03. The fourth-order valence-electron chi connectivity index (χ4n) is 5.43. The second-order valence-corrected chi connectivity index (χ2v) is 10.1. The summed E-state index contributed by atoms with van der Waals surface area (Å²) in [7, 11) is 1.64. The third-order valence-corrected chi connectivity index (χ3v) is 7.50. The maximum Gasteiger partial charge on any atom is 0.256 e. The predicted molar refractivity (Wildman–Crippen MR) is 149 cm³/mol. The molecule has 1 atom stereocenters. The van der Waals surface area contributed by atoms with Crippen LogP contribution in [0.3, 0.4) is 0 Å². The number of fused-ring (bicyclic) bond motifs is 1. The van der Waals surface area contributed by atoms with Crippen molar-refractivity contribution in [2.24, 2.45) is 0 Å². The summed E-state index contributed by atoms with van der Waals surface area (Å²) < 4.78 is 5.78. The number of likely N-dealkylation sites (tertiary alicyclic amines) is 1. The van der Waals surface area contributed by atoms with Gasteiger partial charge in [-0.2, -0.15) is 0 Å². The molecule has 6 rings (SSSR count). The van der Waals surface area contributed by atoms with Crippen LogP contribution in [0.15, 0.2) is 73.5 Å². The molecular weight excluding hydrogens is 474 g/mol. The van der Waals surface area contributed by atoms with Gasteiger partial charge in [0.15, 0.2) is 0 Å². The molecule has 4 aromatic rings. The second-order valence-electron chi connectivity index (χ2n) is 10.1. The number of rotatable bonds is 7. The normalized spacial score (nSPS) is 17.3. The van der Waals surface area contributed by atoms with E-state index in [1.807, 2.05) is 30.5 Å². The van der Waals surface area contributed by atoms with Crippen LogP contribution < -0.4 is 10.1 Å². The van der Waals surface area contributed by atoms with Crippen molar-refractivity contribution in [1.82, 2.24) is 19.9 Å². The van der Waals surface area contributed by atoms with Gasteiger partial charge < -0.3 is 15.0 Å². The molecule has 1 aliphatic carbocycles. The molecule has 2 fully saturated rings. The van der Waals surface area contributed by atoms with Crippen LogP contribution in [0, 0.1) is 0 Å². The number of hydrogen-bond acceptors (Lipinski definition) is 6. The Morgan fingerprint density at radius 3 is 2.79 bits per heavy atom. The molecule has 7 heteroatoms. The molecule has 1 saturated carbocycles. The zero-order valence-corrected chi connectivity index (χ0v) is 21.7. The molecule has 1 saturated heterocycles. The zero-order valence-electron chi connectivity index (χ0n) is 21.7. The van der Waals surface area contributed by atoms with Crippen molar-refractivity contribution in [1.29, 1.82) is 0 Å². The van der Waals surface area contributed by atoms with E-state index in [2.05, 4.69) is 56.5 Å². The maximum absolute atomic E-state index is 13.1. The Labute approximate surface area is 222 Å². The fraction of sp³-hybridized carbons (Fsp3) is 0.290. The Kier molecular flexibility index (Phi) is 6.50. The van der Waals surface area contributed by atoms with Crippen LogP contribution in [0.1, 0.15) is 59.5 Å². The summed E-state index contributed by atoms with van der Waals surface area (Å²) in [4.78, 5) is 28.7. The highest BCUT2D eigenvalue weighted by Crippen LogP contribution is 2.41. The van der Waals surface area contributed by atoms with Gasteiger partial charge >= 0.3 is 0 Å². The van der Waals surface area contributed by atoms with E-state index in [1.54, 1.807) is 25.7 Å². The minimum Gasteiger partial charge on any atom is -0.496 e. The molecule has 3 heterocycles. The molecule has 1 aliphatic heterocycles. The topological polar surface area (TPSA) is 80.2 Å². The number of aromatic nitrogens is 3. The molecule has 192 valence electrons. The summed E-state index contributed by atoms with van der Waals surface area (Å²) in [6, 6.07) is 13.9. The highest BCUT2D eigenvalue weighted by atomic mass is 16.5. The van der Waals surface area contributed by atoms with Crippen molar-refractivity contribution in [3.8, 4) is 16.9 Å². The van der Waals surface area contributed by atoms with Crippen molar-refractivity contribution in [3.05, 3.63) is 90.2 Å². The van der Waals surface area contributed by atoms with E-state index in [4.69, 9.17) is 4.74 Å². The summed E-state index contributed by atoms with van der Waals surface area (Å²) in [5, 5.41) is 3.94. The quantitative estimate of drug-likeness (QED) is 0.324. The number of methoxy groups -OCH3 is 1. The van der Waals surface area contributed by atoms with Crippen molar-refractivity contribution in [3.63, 3.8) is 0 Å². The fourth-order valence-corrected chi connectivity index (χ4v) is 5.43. The molecule has 2 aromatic carbocycles. The highest BCUT2D eigenvalue weighted by molar-refractivity contribution is 6.04. The van der Waals surface area contributed by atoms with Gasteiger partial charge in [0.2, 0.25) is 0 Å². The van der Waals surface area contributed by atoms with Gasteiger partial charge in [-0.3, -0.25) is 4.79 Å². The molecule has 1 unspecified atom stereocenters. The monoisotopic (exact) mass is 505 g/mol. The number of hydrogen-bond donors (Lipinski definition) is 1. The van der Waals surface area contributed by atoms with Crippen LogP contribution in [-0.2, 0) is 0 Å². The van der Waals surface area contributed by atoms with Gasteiger partial charge in [-0.25, -0.2) is 15.0 Å². The van der Waals surface area contributed by atoms with E-state index in [1.165, 1.54) is 24.0 Å². The van der Waals surface area contributed by atoms with Crippen molar-refractivity contribution < 1.29 is 9.53 Å². The highest BCUT2D eigenvalue weighted by Gasteiger charge is 2.26. The standard InChI is InChI=1S/C31H31N5O2/c1-3-11-36-12-9-23(18-36)27-14-24(13-25-17-32-19-34-30(25)27)26-7-6-22(15-28(26)38-2)31(37)35-29-16-21(8-10-33-29)20-4-5-20/h3,6-8,10-11,13-17,19-20,23H,4-5,9,12,18H2,1-2H3,(H,33,35,37). The summed E-state index contributed by atoms with van der Waals surface area (Å²) >= 11 is 0. The molecule has 0 bridgehead atoms. The average molecular weight is 506 g/mol. The molecule has 2 aliphatic rings. The Bertz CT molecular complexity index is 1530. The van der Waals surface area contributed by atoms with Crippen LogP contribution in [0.5, 0.6) is 5.75 Å². The number of amides is 1. The Balaban J connectivity index is 1.32. The third-order valence-electron chi connectivity index (χ3n) is 7.50. The van der Waals surface area contributed by atoms with E-state index in [0.717, 1.165) is 41.5 Å². The van der Waals surface area contributed by atoms with Crippen molar-refractivity contribution in [2.45, 2.75) is 38.0 Å². The predicted octanol–water partition coefficient (Wildman–Crippen LogP) is 6.15. The minimum atomic E-state index is -0.210. The Morgan fingerprint density at radius 2 is 1.97 bits per heavy atom. The van der Waals surface area contributed by atoms with Gasteiger partial charge in [0.1, 0.15) is 17.9 Å². The molecule has 2 aromatic heterocycles. The van der Waals surface area contributed by atoms with Crippen LogP contribution in [0.2, 0.25) is 0 Å². The first kappa shape index (κ1) is 24.1. The average Bonchev–Trinajstić information content (AvgIpc) is 3.71. The molecule has 0 radical (unpaired) electrons. The van der Waals surface area contributed by atoms with Gasteiger partial charge in [0.25, 0.3) is 5.91 Å². The lowest BCUT2D eigenvalue weighted by molar-refractivity contribution is 0.102. The smallest absolute Gasteiger partial charge is 0.256 e. The Morgan fingerprint density at radius 1 is 1.08 bits per heavy atom. The number of anilines is 1. The first-order chi connectivity index (χ1) is 18.6. The summed E-state index contributed by atoms with van der Waals surface area (Å²) in [6.07, 6.45) is 13.0. The maximum atomic E-state index is 13.1. The minimum absolute atomic E-state index is 0.210. The molecule has 7 nitrogen and oxygen atoms in total. The van der Waals surface area contributed by atoms with Crippen molar-refractivity contribution >= 4 is 22.6 Å². The largest absolute Gasteiger partial charge is 0.496 e. The number of nitrogens with zero attached hydrogens (tertiary/aromatic N) is 4. The first-order valence-corrected chi connectivity index (χ1v) is 13.2. The van der Waals surface area contributed by atoms with Gasteiger partial charge in [-0.05, 0) is 97.5 Å². The summed E-state index contributed by atoms with van der Waals surface area (Å²) in [5.74, 6) is 1.98. The molecule has 1 N–H and O–H groups in total. The van der Waals surface area contributed by atoms with Crippen LogP contribution in [0.25, 0.3) is 22.0 Å². The van der Waals surface area contributed by atoms with Crippen LogP contribution in [-0.4, -0.2) is 46.0 Å². The molecule has 1 amide bonds. The Hall–Kier alpha value is -4.26. The van der Waals surface area contributed by atoms with Gasteiger partial charge in [-0.1, -0.05) is 6.08 Å². The van der Waals surface area contributed by atoms with E-state index in [-0.39, 0.29) is 5.91 Å². The first-order valence-electron chi connectivity index (χ1n) is 13.2. The van der Waals surface area contributed by atoms with Gasteiger partial charge in [-0.15, -0.1) is 0 Å². The van der Waals surface area contributed by atoms with Crippen LogP contribution in [0.4, 0.5) is 5.82 Å². The lowest BCUT2D eigenvalue weighted by Gasteiger charge is -2.17. The number of nitrogens with one attached hydrogen (secondary N) is 1. The zero-order chi connectivity index (χ0) is 26.1. The number of carbonyl (C=O) groups excluding carboxylic acids is 1. The number of pyridine rings is 1. The third kappa shape index (κ3) is 4.84. The number of ether oxygens (including phenoxy) is 1. The van der Waals surface area contributed by atoms with Crippen LogP contribution >= 0.6 is 0 Å². The molecule has 0 spiro atoms. The van der Waals surface area contributed by atoms with E-state index in [0.29, 0.717) is 29.0 Å². The number of carbonyl (C=O) groups is 1. The molecule has 38 heavy (non-hydrogen) atoms. The van der Waals surface area contributed by atoms with E-state index in [9.17, 15) is 4.79 Å². The SMILES string of the molecule is CC=CN1CCC(c2cc(-c3ccc(C(=O)Nc4cc(C5CC5)ccn4)cc3OC)cc3cncnc23)C1. The second kappa shape index (κ2) is 10.2. The lowest BCUT2D eigenvalue weighted by Crippen LogP contribution is -2.13. The van der Waals surface area contributed by atoms with Gasteiger partial charge in [0.05, 0.1) is 12.6 Å². The van der Waals surface area contributed by atoms with E-state index < -0.39 is 0 Å². The summed E-state index contributed by atoms with van der Waals surface area (Å²) in [5.41, 5.74) is 5.91. The lowest BCUT2D eigenvalue weighted by atomic mass is 9.91. The number of allylic oxidation sites excluding steroid dienone is 1. The number of benzene rings is 2. The van der Waals surface area contributed by atoms with E-state index >= 15 is 0 Å². The molecular formula is C31H31N5O2. The van der Waals surface area contributed by atoms with Gasteiger partial charge in [0, 0.05) is 47.9 Å². The van der Waals surface area contributed by atoms with Crippen molar-refractivity contribution in [2.75, 3.05) is 25.5 Å².